The van der Waals surface area contributed by atoms with E-state index in [0.29, 0.717) is 49.2 Å². The molecule has 2 saturated heterocycles. The maximum Gasteiger partial charge on any atom is 0.250 e. The van der Waals surface area contributed by atoms with Crippen LogP contribution in [0.5, 0.6) is 5.75 Å². The van der Waals surface area contributed by atoms with E-state index < -0.39 is 21.4 Å². The van der Waals surface area contributed by atoms with E-state index in [4.69, 9.17) is 16.3 Å². The van der Waals surface area contributed by atoms with Crippen molar-refractivity contribution in [3.8, 4) is 5.75 Å². The van der Waals surface area contributed by atoms with Crippen molar-refractivity contribution in [2.24, 2.45) is 0 Å². The molecule has 4 rings (SSSR count). The number of nitrogens with zero attached hydrogens (tertiary/aromatic N) is 2. The van der Waals surface area contributed by atoms with Gasteiger partial charge in [-0.2, -0.15) is 0 Å². The highest BCUT2D eigenvalue weighted by molar-refractivity contribution is 7.93. The van der Waals surface area contributed by atoms with Gasteiger partial charge in [0.15, 0.2) is 0 Å². The summed E-state index contributed by atoms with van der Waals surface area (Å²) in [7, 11) is -3.74. The van der Waals surface area contributed by atoms with Gasteiger partial charge in [-0.1, -0.05) is 17.7 Å². The summed E-state index contributed by atoms with van der Waals surface area (Å²) in [6.07, 6.45) is 0.139. The van der Waals surface area contributed by atoms with Crippen LogP contribution >= 0.6 is 11.6 Å². The number of ether oxygens (including phenoxy) is 1. The fourth-order valence-electron chi connectivity index (χ4n) is 3.99. The van der Waals surface area contributed by atoms with E-state index in [9.17, 15) is 13.2 Å². The van der Waals surface area contributed by atoms with Gasteiger partial charge in [0, 0.05) is 49.0 Å². The first-order valence-corrected chi connectivity index (χ1v) is 12.8. The van der Waals surface area contributed by atoms with Crippen LogP contribution in [0.1, 0.15) is 13.3 Å². The molecule has 2 heterocycles. The number of benzene rings is 2. The van der Waals surface area contributed by atoms with Gasteiger partial charge in [0.2, 0.25) is 15.9 Å². The Balaban J connectivity index is 1.30. The largest absolute Gasteiger partial charge is 0.494 e. The van der Waals surface area contributed by atoms with Gasteiger partial charge >= 0.3 is 0 Å². The number of hydrogen-bond acceptors (Lipinski definition) is 7. The van der Waals surface area contributed by atoms with Crippen molar-refractivity contribution in [2.75, 3.05) is 42.4 Å². The fraction of sp³-hybridized carbons (Fsp3) is 0.409. The number of hydrazine groups is 1. The summed E-state index contributed by atoms with van der Waals surface area (Å²) >= 11 is 6.08. The van der Waals surface area contributed by atoms with Gasteiger partial charge in [-0.25, -0.2) is 19.3 Å². The topological polar surface area (TPSA) is 103 Å². The zero-order valence-corrected chi connectivity index (χ0v) is 19.9. The highest BCUT2D eigenvalue weighted by Gasteiger charge is 2.39. The summed E-state index contributed by atoms with van der Waals surface area (Å²) in [5.41, 5.74) is 7.09. The van der Waals surface area contributed by atoms with Gasteiger partial charge in [0.1, 0.15) is 17.2 Å². The molecule has 33 heavy (non-hydrogen) atoms. The second-order valence-electron chi connectivity index (χ2n) is 7.96. The van der Waals surface area contributed by atoms with Gasteiger partial charge in [-0.15, -0.1) is 0 Å². The quantitative estimate of drug-likeness (QED) is 0.542. The maximum atomic E-state index is 13.0. The van der Waals surface area contributed by atoms with Crippen LogP contribution in [0.15, 0.2) is 48.5 Å². The average Bonchev–Trinajstić information content (AvgIpc) is 3.32. The lowest BCUT2D eigenvalue weighted by atomic mass is 10.2. The Morgan fingerprint density at radius 1 is 1.12 bits per heavy atom. The Kier molecular flexibility index (Phi) is 7.28. The Morgan fingerprint density at radius 2 is 1.85 bits per heavy atom. The standard InChI is InChI=1S/C22H28ClN5O4S/c1-2-32-19-8-6-17(7-9-19)26-33(30,31)21-15-20(24-25-21)22(29)28-12-10-27(11-13-28)18-5-3-4-16(23)14-18/h3-9,14,20-21,24-26H,2,10-13,15H2,1H3. The molecule has 0 aromatic heterocycles. The molecule has 2 unspecified atom stereocenters. The number of anilines is 2. The number of hydrogen-bond donors (Lipinski definition) is 3. The molecule has 178 valence electrons. The van der Waals surface area contributed by atoms with Crippen LogP contribution in [0, 0.1) is 0 Å². The third-order valence-electron chi connectivity index (χ3n) is 5.73. The summed E-state index contributed by atoms with van der Waals surface area (Å²) < 4.78 is 33.5. The van der Waals surface area contributed by atoms with Crippen molar-refractivity contribution in [1.82, 2.24) is 15.8 Å². The molecular formula is C22H28ClN5O4S. The van der Waals surface area contributed by atoms with Gasteiger partial charge in [-0.05, 0) is 49.4 Å². The normalized spacial score (nSPS) is 21.2. The van der Waals surface area contributed by atoms with E-state index >= 15 is 0 Å². The number of piperazine rings is 1. The number of halogens is 1. The number of rotatable bonds is 7. The molecule has 11 heteroatoms. The Hall–Kier alpha value is -2.53. The molecule has 2 aliphatic rings. The Labute approximate surface area is 199 Å². The second kappa shape index (κ2) is 10.2. The molecule has 1 amide bonds. The first kappa shape index (κ1) is 23.6. The highest BCUT2D eigenvalue weighted by Crippen LogP contribution is 2.23. The highest BCUT2D eigenvalue weighted by atomic mass is 35.5. The minimum absolute atomic E-state index is 0.105. The molecule has 0 saturated carbocycles. The van der Waals surface area contributed by atoms with Crippen molar-refractivity contribution in [1.29, 1.82) is 0 Å². The van der Waals surface area contributed by atoms with Crippen LogP contribution in [0.2, 0.25) is 5.02 Å². The molecule has 0 radical (unpaired) electrons. The van der Waals surface area contributed by atoms with Crippen LogP contribution < -0.4 is 25.2 Å². The molecule has 0 bridgehead atoms. The molecule has 2 atom stereocenters. The second-order valence-corrected chi connectivity index (χ2v) is 10.3. The minimum atomic E-state index is -3.74. The summed E-state index contributed by atoms with van der Waals surface area (Å²) in [6.45, 7) is 4.91. The van der Waals surface area contributed by atoms with E-state index in [1.165, 1.54) is 0 Å². The number of sulfonamides is 1. The molecule has 2 fully saturated rings. The fourth-order valence-corrected chi connectivity index (χ4v) is 5.45. The van der Waals surface area contributed by atoms with Crippen LogP contribution in [0.4, 0.5) is 11.4 Å². The predicted molar refractivity (Wildman–Crippen MR) is 129 cm³/mol. The predicted octanol–water partition coefficient (Wildman–Crippen LogP) is 2.02. The average molecular weight is 494 g/mol. The molecule has 0 spiro atoms. The monoisotopic (exact) mass is 493 g/mol. The van der Waals surface area contributed by atoms with Gasteiger partial charge in [0.25, 0.3) is 0 Å². The lowest BCUT2D eigenvalue weighted by Crippen LogP contribution is -2.53. The third kappa shape index (κ3) is 5.70. The van der Waals surface area contributed by atoms with E-state index in [-0.39, 0.29) is 12.3 Å². The molecule has 2 aromatic carbocycles. The summed E-state index contributed by atoms with van der Waals surface area (Å²) in [4.78, 5) is 16.9. The van der Waals surface area contributed by atoms with Gasteiger partial charge in [0.05, 0.1) is 6.61 Å². The molecule has 3 N–H and O–H groups in total. The van der Waals surface area contributed by atoms with Crippen molar-refractivity contribution in [3.63, 3.8) is 0 Å². The smallest absolute Gasteiger partial charge is 0.250 e. The van der Waals surface area contributed by atoms with Crippen molar-refractivity contribution < 1.29 is 17.9 Å². The molecule has 0 aliphatic carbocycles. The number of amides is 1. The minimum Gasteiger partial charge on any atom is -0.494 e. The first-order chi connectivity index (χ1) is 15.9. The van der Waals surface area contributed by atoms with Crippen LogP contribution in [-0.4, -0.2) is 63.4 Å². The number of carbonyl (C=O) groups excluding carboxylic acids is 1. The van der Waals surface area contributed by atoms with Crippen molar-refractivity contribution >= 4 is 38.9 Å². The van der Waals surface area contributed by atoms with Crippen LogP contribution in [-0.2, 0) is 14.8 Å². The van der Waals surface area contributed by atoms with E-state index in [0.717, 1.165) is 5.69 Å². The molecule has 9 nitrogen and oxygen atoms in total. The van der Waals surface area contributed by atoms with E-state index in [2.05, 4.69) is 20.5 Å². The lowest BCUT2D eigenvalue weighted by molar-refractivity contribution is -0.133. The Bertz CT molecular complexity index is 1070. The first-order valence-electron chi connectivity index (χ1n) is 10.9. The Morgan fingerprint density at radius 3 is 2.52 bits per heavy atom. The van der Waals surface area contributed by atoms with Crippen LogP contribution in [0.3, 0.4) is 0 Å². The van der Waals surface area contributed by atoms with Gasteiger partial charge in [-0.3, -0.25) is 9.52 Å². The third-order valence-corrected chi connectivity index (χ3v) is 7.55. The van der Waals surface area contributed by atoms with Crippen molar-refractivity contribution in [3.05, 3.63) is 53.6 Å². The summed E-state index contributed by atoms with van der Waals surface area (Å²) in [5, 5.41) is -0.246. The molecular weight excluding hydrogens is 466 g/mol. The zero-order valence-electron chi connectivity index (χ0n) is 18.3. The molecule has 2 aromatic rings. The van der Waals surface area contributed by atoms with Crippen LogP contribution in [0.25, 0.3) is 0 Å². The number of carbonyl (C=O) groups is 1. The SMILES string of the molecule is CCOc1ccc(NS(=O)(=O)C2CC(C(=O)N3CCN(c4cccc(Cl)c4)CC3)NN2)cc1. The number of nitrogens with one attached hydrogen (secondary N) is 3. The lowest BCUT2D eigenvalue weighted by Gasteiger charge is -2.37. The van der Waals surface area contributed by atoms with E-state index in [1.54, 1.807) is 29.2 Å². The summed E-state index contributed by atoms with van der Waals surface area (Å²) in [6, 6.07) is 13.7. The molecule has 2 aliphatic heterocycles. The maximum absolute atomic E-state index is 13.0. The van der Waals surface area contributed by atoms with Gasteiger partial charge < -0.3 is 14.5 Å². The zero-order chi connectivity index (χ0) is 23.4. The van der Waals surface area contributed by atoms with Crippen molar-refractivity contribution in [2.45, 2.75) is 24.8 Å². The summed E-state index contributed by atoms with van der Waals surface area (Å²) in [5.74, 6) is 0.564. The van der Waals surface area contributed by atoms with E-state index in [1.807, 2.05) is 31.2 Å².